The lowest BCUT2D eigenvalue weighted by molar-refractivity contribution is -0.121. The summed E-state index contributed by atoms with van der Waals surface area (Å²) < 4.78 is 13.1. The van der Waals surface area contributed by atoms with E-state index in [1.165, 1.54) is 10.9 Å². The predicted octanol–water partition coefficient (Wildman–Crippen LogP) is 3.36. The minimum atomic E-state index is -0.236. The number of aromatic amines is 1. The van der Waals surface area contributed by atoms with Gasteiger partial charge in [0.2, 0.25) is 5.91 Å². The first kappa shape index (κ1) is 20.9. The van der Waals surface area contributed by atoms with Crippen molar-refractivity contribution in [3.05, 3.63) is 63.1 Å². The number of hydrogen-bond donors (Lipinski definition) is 2. The van der Waals surface area contributed by atoms with Crippen molar-refractivity contribution in [2.24, 2.45) is 0 Å². The number of aryl methyl sites for hydroxylation is 1. The average molecular weight is 485 g/mol. The Morgan fingerprint density at radius 3 is 2.58 bits per heavy atom. The summed E-state index contributed by atoms with van der Waals surface area (Å²) >= 11 is 3.38. The van der Waals surface area contributed by atoms with Gasteiger partial charge in [0.15, 0.2) is 11.5 Å². The van der Waals surface area contributed by atoms with Gasteiger partial charge in [0.1, 0.15) is 11.0 Å². The lowest BCUT2D eigenvalue weighted by atomic mass is 10.2. The van der Waals surface area contributed by atoms with Crippen LogP contribution in [0.15, 0.2) is 52.0 Å². The highest BCUT2D eigenvalue weighted by Gasteiger charge is 2.15. The van der Waals surface area contributed by atoms with Crippen LogP contribution in [0.3, 0.4) is 0 Å². The molecule has 160 valence electrons. The highest BCUT2D eigenvalue weighted by molar-refractivity contribution is 9.10. The van der Waals surface area contributed by atoms with Crippen LogP contribution in [0, 0.1) is 0 Å². The summed E-state index contributed by atoms with van der Waals surface area (Å²) in [6.07, 6.45) is 1.64. The normalized spacial score (nSPS) is 11.1. The molecule has 0 aliphatic carbocycles. The van der Waals surface area contributed by atoms with Gasteiger partial charge in [-0.3, -0.25) is 14.2 Å². The van der Waals surface area contributed by atoms with Crippen LogP contribution < -0.4 is 20.3 Å². The van der Waals surface area contributed by atoms with Crippen LogP contribution >= 0.6 is 15.9 Å². The largest absolute Gasteiger partial charge is 0.493 e. The van der Waals surface area contributed by atoms with Gasteiger partial charge in [-0.25, -0.2) is 4.98 Å². The third-order valence-electron chi connectivity index (χ3n) is 5.06. The van der Waals surface area contributed by atoms with E-state index in [0.717, 1.165) is 20.9 Å². The molecule has 0 radical (unpaired) electrons. The van der Waals surface area contributed by atoms with Gasteiger partial charge < -0.3 is 19.8 Å². The van der Waals surface area contributed by atoms with Crippen LogP contribution in [0.4, 0.5) is 0 Å². The molecule has 2 N–H and O–H groups in total. The number of nitrogens with one attached hydrogen (secondary N) is 2. The Labute approximate surface area is 186 Å². The predicted molar refractivity (Wildman–Crippen MR) is 122 cm³/mol. The molecule has 8 nitrogen and oxygen atoms in total. The molecule has 2 aromatic heterocycles. The number of ether oxygens (including phenoxy) is 2. The molecule has 31 heavy (non-hydrogen) atoms. The van der Waals surface area contributed by atoms with Crippen molar-refractivity contribution in [1.29, 1.82) is 0 Å². The molecule has 0 spiro atoms. The monoisotopic (exact) mass is 484 g/mol. The van der Waals surface area contributed by atoms with Gasteiger partial charge >= 0.3 is 0 Å². The van der Waals surface area contributed by atoms with E-state index >= 15 is 0 Å². The first-order chi connectivity index (χ1) is 15.0. The minimum Gasteiger partial charge on any atom is -0.493 e. The van der Waals surface area contributed by atoms with E-state index in [-0.39, 0.29) is 24.4 Å². The van der Waals surface area contributed by atoms with Gasteiger partial charge in [0.25, 0.3) is 5.56 Å². The fraction of sp³-hybridized carbons (Fsp3) is 0.227. The topological polar surface area (TPSA) is 98.2 Å². The highest BCUT2D eigenvalue weighted by atomic mass is 79.9. The molecule has 0 saturated heterocycles. The van der Waals surface area contributed by atoms with Gasteiger partial charge in [-0.05, 0) is 23.8 Å². The van der Waals surface area contributed by atoms with Gasteiger partial charge in [-0.1, -0.05) is 28.1 Å². The second kappa shape index (κ2) is 8.81. The smallest absolute Gasteiger partial charge is 0.277 e. The zero-order chi connectivity index (χ0) is 22.0. The van der Waals surface area contributed by atoms with Gasteiger partial charge in [-0.15, -0.1) is 0 Å². The van der Waals surface area contributed by atoms with E-state index in [2.05, 4.69) is 31.2 Å². The number of aromatic nitrogens is 3. The quantitative estimate of drug-likeness (QED) is 0.419. The molecule has 4 aromatic rings. The van der Waals surface area contributed by atoms with E-state index in [1.54, 1.807) is 26.4 Å². The molecule has 0 saturated carbocycles. The molecule has 4 rings (SSSR count). The number of H-pyrrole nitrogens is 1. The SMILES string of the molecule is COc1cc2[nH]c3c(=O)n(CCC(=O)NCc4ccc(Br)cc4)cnc3c2cc1OC. The van der Waals surface area contributed by atoms with Crippen molar-refractivity contribution >= 4 is 43.8 Å². The highest BCUT2D eigenvalue weighted by Crippen LogP contribution is 2.34. The molecule has 2 aromatic carbocycles. The number of carbonyl (C=O) groups is 1. The summed E-state index contributed by atoms with van der Waals surface area (Å²) in [4.78, 5) is 32.7. The summed E-state index contributed by atoms with van der Waals surface area (Å²) in [5.74, 6) is 0.981. The molecule has 2 heterocycles. The maximum atomic E-state index is 12.9. The van der Waals surface area contributed by atoms with Crippen LogP contribution in [0.2, 0.25) is 0 Å². The average Bonchev–Trinajstić information content (AvgIpc) is 3.15. The molecule has 0 aliphatic heterocycles. The van der Waals surface area contributed by atoms with Crippen molar-refractivity contribution < 1.29 is 14.3 Å². The Hall–Kier alpha value is -3.33. The summed E-state index contributed by atoms with van der Waals surface area (Å²) in [5, 5.41) is 3.63. The van der Waals surface area contributed by atoms with E-state index in [9.17, 15) is 9.59 Å². The number of fused-ring (bicyclic) bond motifs is 3. The number of benzene rings is 2. The molecule has 1 amide bonds. The Kier molecular flexibility index (Phi) is 5.94. The molecule has 0 fully saturated rings. The Bertz CT molecular complexity index is 1310. The van der Waals surface area contributed by atoms with Crippen LogP contribution in [-0.2, 0) is 17.9 Å². The van der Waals surface area contributed by atoms with Crippen LogP contribution in [0.1, 0.15) is 12.0 Å². The Balaban J connectivity index is 1.51. The molecule has 0 atom stereocenters. The second-order valence-corrected chi connectivity index (χ2v) is 7.91. The molecular formula is C22H21BrN4O4. The lowest BCUT2D eigenvalue weighted by Crippen LogP contribution is -2.27. The van der Waals surface area contributed by atoms with Crippen LogP contribution in [0.25, 0.3) is 21.9 Å². The molecule has 0 unspecified atom stereocenters. The first-order valence-electron chi connectivity index (χ1n) is 9.64. The zero-order valence-electron chi connectivity index (χ0n) is 17.1. The van der Waals surface area contributed by atoms with Gasteiger partial charge in [-0.2, -0.15) is 0 Å². The maximum Gasteiger partial charge on any atom is 0.277 e. The third kappa shape index (κ3) is 4.27. The fourth-order valence-electron chi connectivity index (χ4n) is 3.39. The van der Waals surface area contributed by atoms with Crippen LogP contribution in [0.5, 0.6) is 11.5 Å². The van der Waals surface area contributed by atoms with Crippen molar-refractivity contribution in [2.75, 3.05) is 14.2 Å². The van der Waals surface area contributed by atoms with Crippen molar-refractivity contribution in [2.45, 2.75) is 19.5 Å². The third-order valence-corrected chi connectivity index (χ3v) is 5.59. The molecule has 0 aliphatic rings. The number of methoxy groups -OCH3 is 2. The number of rotatable bonds is 7. The van der Waals surface area contributed by atoms with E-state index in [0.29, 0.717) is 29.1 Å². The van der Waals surface area contributed by atoms with Gasteiger partial charge in [0.05, 0.1) is 26.1 Å². The van der Waals surface area contributed by atoms with Crippen molar-refractivity contribution in [3.63, 3.8) is 0 Å². The van der Waals surface area contributed by atoms with E-state index in [4.69, 9.17) is 9.47 Å². The minimum absolute atomic E-state index is 0.138. The molecule has 0 bridgehead atoms. The maximum absolute atomic E-state index is 12.9. The van der Waals surface area contributed by atoms with Gasteiger partial charge in [0, 0.05) is 35.4 Å². The summed E-state index contributed by atoms with van der Waals surface area (Å²) in [5.41, 5.74) is 2.42. The number of nitrogens with zero attached hydrogens (tertiary/aromatic N) is 2. The number of hydrogen-bond acceptors (Lipinski definition) is 5. The summed E-state index contributed by atoms with van der Waals surface area (Å²) in [6, 6.07) is 11.3. The second-order valence-electron chi connectivity index (χ2n) is 7.00. The Morgan fingerprint density at radius 1 is 1.16 bits per heavy atom. The number of amides is 1. The zero-order valence-corrected chi connectivity index (χ0v) is 18.7. The summed E-state index contributed by atoms with van der Waals surface area (Å²) in [6.45, 7) is 0.667. The molecular weight excluding hydrogens is 464 g/mol. The fourth-order valence-corrected chi connectivity index (χ4v) is 3.66. The number of halogens is 1. The van der Waals surface area contributed by atoms with Crippen molar-refractivity contribution in [1.82, 2.24) is 19.9 Å². The standard InChI is InChI=1S/C22H21BrN4O4/c1-30-17-9-15-16(10-18(17)31-2)26-21-20(15)25-12-27(22(21)29)8-7-19(28)24-11-13-3-5-14(23)6-4-13/h3-6,9-10,12,26H,7-8,11H2,1-2H3,(H,24,28). The molecule has 9 heteroatoms. The lowest BCUT2D eigenvalue weighted by Gasteiger charge is -2.07. The Morgan fingerprint density at radius 2 is 1.87 bits per heavy atom. The van der Waals surface area contributed by atoms with Crippen LogP contribution in [-0.4, -0.2) is 34.7 Å². The van der Waals surface area contributed by atoms with E-state index < -0.39 is 0 Å². The van der Waals surface area contributed by atoms with Crippen molar-refractivity contribution in [3.8, 4) is 11.5 Å². The first-order valence-corrected chi connectivity index (χ1v) is 10.4. The van der Waals surface area contributed by atoms with E-state index in [1.807, 2.05) is 24.3 Å². The number of carbonyl (C=O) groups excluding carboxylic acids is 1. The summed E-state index contributed by atoms with van der Waals surface area (Å²) in [7, 11) is 3.11.